The number of hydrogen-bond acceptors (Lipinski definition) is 5. The van der Waals surface area contributed by atoms with E-state index in [1.165, 1.54) is 0 Å². The zero-order valence-electron chi connectivity index (χ0n) is 12.1. The maximum atomic E-state index is 12.3. The van der Waals surface area contributed by atoms with Crippen LogP contribution in [-0.2, 0) is 4.79 Å². The topological polar surface area (TPSA) is 84.7 Å². The van der Waals surface area contributed by atoms with Crippen molar-refractivity contribution >= 4 is 11.6 Å². The first kappa shape index (κ1) is 13.7. The minimum Gasteiger partial charge on any atom is -0.326 e. The second-order valence-electron chi connectivity index (χ2n) is 5.42. The second kappa shape index (κ2) is 5.61. The van der Waals surface area contributed by atoms with E-state index in [-0.39, 0.29) is 11.8 Å². The van der Waals surface area contributed by atoms with Crippen molar-refractivity contribution in [1.82, 2.24) is 25.5 Å². The van der Waals surface area contributed by atoms with Crippen molar-refractivity contribution in [3.05, 3.63) is 30.1 Å². The lowest BCUT2D eigenvalue weighted by Crippen LogP contribution is -2.27. The third-order valence-electron chi connectivity index (χ3n) is 3.84. The molecule has 0 bridgehead atoms. The summed E-state index contributed by atoms with van der Waals surface area (Å²) in [6.07, 6.45) is 0. The van der Waals surface area contributed by atoms with E-state index in [4.69, 9.17) is 0 Å². The van der Waals surface area contributed by atoms with Crippen LogP contribution in [0.2, 0.25) is 0 Å². The van der Waals surface area contributed by atoms with E-state index in [1.807, 2.05) is 31.2 Å². The van der Waals surface area contributed by atoms with Crippen LogP contribution in [0.3, 0.4) is 0 Å². The number of nitrogens with one attached hydrogen (secondary N) is 2. The molecule has 7 nitrogen and oxygen atoms in total. The van der Waals surface area contributed by atoms with Crippen LogP contribution in [0, 0.1) is 18.8 Å². The summed E-state index contributed by atoms with van der Waals surface area (Å²) in [4.78, 5) is 12.3. The summed E-state index contributed by atoms with van der Waals surface area (Å²) in [5, 5.41) is 17.6. The summed E-state index contributed by atoms with van der Waals surface area (Å²) in [6, 6.07) is 7.52. The third kappa shape index (κ3) is 2.78. The molecule has 3 rings (SSSR count). The molecule has 2 heterocycles. The number of amides is 1. The molecule has 0 radical (unpaired) electrons. The molecule has 110 valence electrons. The number of anilines is 1. The summed E-state index contributed by atoms with van der Waals surface area (Å²) >= 11 is 0. The lowest BCUT2D eigenvalue weighted by atomic mass is 9.97. The van der Waals surface area contributed by atoms with Crippen LogP contribution in [0.15, 0.2) is 24.3 Å². The summed E-state index contributed by atoms with van der Waals surface area (Å²) in [5.74, 6) is 1.13. The quantitative estimate of drug-likeness (QED) is 0.870. The Morgan fingerprint density at radius 1 is 1.43 bits per heavy atom. The number of carbonyl (C=O) groups excluding carboxylic acids is 1. The lowest BCUT2D eigenvalue weighted by Gasteiger charge is -2.14. The molecule has 1 aliphatic heterocycles. The molecule has 1 fully saturated rings. The van der Waals surface area contributed by atoms with E-state index in [9.17, 15) is 4.79 Å². The highest BCUT2D eigenvalue weighted by Crippen LogP contribution is 2.20. The monoisotopic (exact) mass is 286 g/mol. The lowest BCUT2D eigenvalue weighted by molar-refractivity contribution is -0.120. The Bertz CT molecular complexity index is 652. The summed E-state index contributed by atoms with van der Waals surface area (Å²) in [7, 11) is 0. The van der Waals surface area contributed by atoms with Crippen molar-refractivity contribution in [2.75, 3.05) is 18.4 Å². The number of nitrogens with zero attached hydrogens (tertiary/aromatic N) is 4. The molecule has 1 aromatic carbocycles. The molecule has 1 amide bonds. The van der Waals surface area contributed by atoms with E-state index in [2.05, 4.69) is 33.1 Å². The Balaban J connectivity index is 1.77. The van der Waals surface area contributed by atoms with Crippen LogP contribution in [-0.4, -0.2) is 39.2 Å². The van der Waals surface area contributed by atoms with Gasteiger partial charge in [0.1, 0.15) is 0 Å². The molecule has 1 saturated heterocycles. The van der Waals surface area contributed by atoms with Crippen molar-refractivity contribution in [3.63, 3.8) is 0 Å². The average Bonchev–Trinajstić information content (AvgIpc) is 3.07. The van der Waals surface area contributed by atoms with Crippen molar-refractivity contribution < 1.29 is 4.79 Å². The Morgan fingerprint density at radius 3 is 2.95 bits per heavy atom. The van der Waals surface area contributed by atoms with Crippen LogP contribution >= 0.6 is 0 Å². The van der Waals surface area contributed by atoms with E-state index >= 15 is 0 Å². The number of aromatic nitrogens is 4. The van der Waals surface area contributed by atoms with Gasteiger partial charge in [0, 0.05) is 12.2 Å². The average molecular weight is 286 g/mol. The normalized spacial score (nSPS) is 21.4. The SMILES string of the molecule is Cc1nnnn1-c1cccc(NC(=O)C2CNCC2C)c1. The van der Waals surface area contributed by atoms with Gasteiger partial charge < -0.3 is 10.6 Å². The fourth-order valence-corrected chi connectivity index (χ4v) is 2.58. The van der Waals surface area contributed by atoms with Gasteiger partial charge in [0.25, 0.3) is 0 Å². The number of rotatable bonds is 3. The van der Waals surface area contributed by atoms with Crippen LogP contribution in [0.1, 0.15) is 12.7 Å². The Kier molecular flexibility index (Phi) is 3.66. The standard InChI is InChI=1S/C14H18N6O/c1-9-7-15-8-13(9)14(21)16-11-4-3-5-12(6-11)20-10(2)17-18-19-20/h3-6,9,13,15H,7-8H2,1-2H3,(H,16,21). The van der Waals surface area contributed by atoms with Gasteiger partial charge in [-0.05, 0) is 48.0 Å². The highest BCUT2D eigenvalue weighted by molar-refractivity contribution is 5.93. The molecule has 0 aliphatic carbocycles. The fourth-order valence-electron chi connectivity index (χ4n) is 2.58. The van der Waals surface area contributed by atoms with Gasteiger partial charge in [-0.15, -0.1) is 5.10 Å². The molecule has 2 unspecified atom stereocenters. The highest BCUT2D eigenvalue weighted by atomic mass is 16.1. The largest absolute Gasteiger partial charge is 0.326 e. The van der Waals surface area contributed by atoms with Gasteiger partial charge in [-0.25, -0.2) is 0 Å². The molecule has 2 N–H and O–H groups in total. The first-order valence-corrected chi connectivity index (χ1v) is 7.02. The van der Waals surface area contributed by atoms with Crippen molar-refractivity contribution in [2.45, 2.75) is 13.8 Å². The van der Waals surface area contributed by atoms with Gasteiger partial charge in [-0.2, -0.15) is 4.68 Å². The maximum absolute atomic E-state index is 12.3. The van der Waals surface area contributed by atoms with Gasteiger partial charge in [0.2, 0.25) is 5.91 Å². The number of tetrazole rings is 1. The smallest absolute Gasteiger partial charge is 0.229 e. The Labute approximate surface area is 122 Å². The fraction of sp³-hybridized carbons (Fsp3) is 0.429. The van der Waals surface area contributed by atoms with E-state index in [0.717, 1.165) is 24.5 Å². The van der Waals surface area contributed by atoms with Gasteiger partial charge in [-0.1, -0.05) is 13.0 Å². The van der Waals surface area contributed by atoms with E-state index in [1.54, 1.807) is 4.68 Å². The minimum absolute atomic E-state index is 0.0171. The van der Waals surface area contributed by atoms with Gasteiger partial charge in [0.05, 0.1) is 11.6 Å². The second-order valence-corrected chi connectivity index (χ2v) is 5.42. The summed E-state index contributed by atoms with van der Waals surface area (Å²) < 4.78 is 1.63. The summed E-state index contributed by atoms with van der Waals surface area (Å²) in [6.45, 7) is 5.54. The number of carbonyl (C=O) groups is 1. The van der Waals surface area contributed by atoms with Crippen molar-refractivity contribution in [2.24, 2.45) is 11.8 Å². The van der Waals surface area contributed by atoms with Crippen LogP contribution in [0.5, 0.6) is 0 Å². The van der Waals surface area contributed by atoms with E-state index in [0.29, 0.717) is 11.7 Å². The van der Waals surface area contributed by atoms with Gasteiger partial charge in [0.15, 0.2) is 5.82 Å². The molecule has 1 aliphatic rings. The highest BCUT2D eigenvalue weighted by Gasteiger charge is 2.29. The molecular weight excluding hydrogens is 268 g/mol. The minimum atomic E-state index is 0.0171. The molecule has 7 heteroatoms. The van der Waals surface area contributed by atoms with Crippen molar-refractivity contribution in [1.29, 1.82) is 0 Å². The summed E-state index contributed by atoms with van der Waals surface area (Å²) in [5.41, 5.74) is 1.58. The first-order valence-electron chi connectivity index (χ1n) is 7.02. The predicted octanol–water partition coefficient (Wildman–Crippen LogP) is 0.765. The molecule has 2 aromatic rings. The first-order chi connectivity index (χ1) is 10.1. The van der Waals surface area contributed by atoms with E-state index < -0.39 is 0 Å². The molecule has 1 aromatic heterocycles. The van der Waals surface area contributed by atoms with Crippen LogP contribution in [0.4, 0.5) is 5.69 Å². The Morgan fingerprint density at radius 2 is 2.29 bits per heavy atom. The molecule has 0 spiro atoms. The third-order valence-corrected chi connectivity index (χ3v) is 3.84. The predicted molar refractivity (Wildman–Crippen MR) is 78.0 cm³/mol. The van der Waals surface area contributed by atoms with Crippen LogP contribution in [0.25, 0.3) is 5.69 Å². The van der Waals surface area contributed by atoms with Crippen LogP contribution < -0.4 is 10.6 Å². The zero-order chi connectivity index (χ0) is 14.8. The zero-order valence-corrected chi connectivity index (χ0v) is 12.1. The molecular formula is C14H18N6O. The molecule has 21 heavy (non-hydrogen) atoms. The molecule has 2 atom stereocenters. The van der Waals surface area contributed by atoms with Gasteiger partial charge >= 0.3 is 0 Å². The van der Waals surface area contributed by atoms with Crippen molar-refractivity contribution in [3.8, 4) is 5.69 Å². The maximum Gasteiger partial charge on any atom is 0.229 e. The molecule has 0 saturated carbocycles. The number of hydrogen-bond donors (Lipinski definition) is 2. The Hall–Kier alpha value is -2.28. The van der Waals surface area contributed by atoms with Gasteiger partial charge in [-0.3, -0.25) is 4.79 Å². The number of aryl methyl sites for hydroxylation is 1. The number of benzene rings is 1.